The van der Waals surface area contributed by atoms with Crippen LogP contribution in [0, 0.1) is 17.8 Å². The smallest absolute Gasteiger partial charge is 0.223 e. The molecule has 5 nitrogen and oxygen atoms in total. The van der Waals surface area contributed by atoms with E-state index in [1.165, 1.54) is 0 Å². The predicted molar refractivity (Wildman–Crippen MR) is 70.7 cm³/mol. The van der Waals surface area contributed by atoms with Gasteiger partial charge in [-0.2, -0.15) is 0 Å². The van der Waals surface area contributed by atoms with Crippen LogP contribution in [0.2, 0.25) is 0 Å². The number of carbonyl (C=O) groups excluding carboxylic acids is 2. The number of rotatable bonds is 4. The Hall–Kier alpha value is -1.10. The van der Waals surface area contributed by atoms with E-state index in [0.29, 0.717) is 24.8 Å². The van der Waals surface area contributed by atoms with Crippen LogP contribution < -0.4 is 16.4 Å². The molecule has 1 aliphatic carbocycles. The molecule has 1 saturated carbocycles. The maximum absolute atomic E-state index is 12.0. The van der Waals surface area contributed by atoms with E-state index in [2.05, 4.69) is 24.5 Å². The summed E-state index contributed by atoms with van der Waals surface area (Å²) in [6, 6.07) is 0.107. The highest BCUT2D eigenvalue weighted by atomic mass is 16.2. The van der Waals surface area contributed by atoms with E-state index in [4.69, 9.17) is 5.73 Å². The molecule has 0 saturated heterocycles. The fourth-order valence-corrected chi connectivity index (χ4v) is 2.60. The van der Waals surface area contributed by atoms with Crippen molar-refractivity contribution in [1.82, 2.24) is 10.6 Å². The summed E-state index contributed by atoms with van der Waals surface area (Å²) in [5.41, 5.74) is 6.02. The number of hydrogen-bond acceptors (Lipinski definition) is 3. The van der Waals surface area contributed by atoms with Gasteiger partial charge < -0.3 is 16.4 Å². The molecule has 0 radical (unpaired) electrons. The molecule has 4 atom stereocenters. The Balaban J connectivity index is 2.39. The van der Waals surface area contributed by atoms with Crippen LogP contribution in [0.15, 0.2) is 0 Å². The maximum Gasteiger partial charge on any atom is 0.223 e. The van der Waals surface area contributed by atoms with Crippen molar-refractivity contribution in [3.63, 3.8) is 0 Å². The number of hydrogen-bond donors (Lipinski definition) is 3. The van der Waals surface area contributed by atoms with Crippen molar-refractivity contribution in [3.8, 4) is 0 Å². The lowest BCUT2D eigenvalue weighted by molar-refractivity contribution is -0.128. The van der Waals surface area contributed by atoms with E-state index >= 15 is 0 Å². The monoisotopic (exact) mass is 255 g/mol. The molecule has 18 heavy (non-hydrogen) atoms. The minimum absolute atomic E-state index is 0.0131. The zero-order valence-corrected chi connectivity index (χ0v) is 11.5. The summed E-state index contributed by atoms with van der Waals surface area (Å²) in [5, 5.41) is 5.36. The summed E-state index contributed by atoms with van der Waals surface area (Å²) in [6.45, 7) is 4.64. The molecule has 1 rings (SSSR count). The molecule has 0 aromatic heterocycles. The summed E-state index contributed by atoms with van der Waals surface area (Å²) in [7, 11) is 1.59. The van der Waals surface area contributed by atoms with Crippen LogP contribution in [0.25, 0.3) is 0 Å². The Kier molecular flexibility index (Phi) is 5.59. The van der Waals surface area contributed by atoms with Crippen LogP contribution in [0.4, 0.5) is 0 Å². The highest BCUT2D eigenvalue weighted by Gasteiger charge is 2.34. The molecule has 0 bridgehead atoms. The van der Waals surface area contributed by atoms with E-state index in [1.807, 2.05) is 0 Å². The molecule has 0 spiro atoms. The molecule has 0 aromatic carbocycles. The van der Waals surface area contributed by atoms with Crippen LogP contribution in [-0.2, 0) is 9.59 Å². The molecule has 4 N–H and O–H groups in total. The lowest BCUT2D eigenvalue weighted by Gasteiger charge is -2.36. The molecule has 1 fully saturated rings. The van der Waals surface area contributed by atoms with Gasteiger partial charge >= 0.3 is 0 Å². The Labute approximate surface area is 109 Å². The Bertz CT molecular complexity index is 307. The van der Waals surface area contributed by atoms with Crippen molar-refractivity contribution in [2.45, 2.75) is 39.2 Å². The first-order valence-corrected chi connectivity index (χ1v) is 6.69. The summed E-state index contributed by atoms with van der Waals surface area (Å²) >= 11 is 0. The lowest BCUT2D eigenvalue weighted by Crippen LogP contribution is -2.45. The minimum Gasteiger partial charge on any atom is -0.359 e. The van der Waals surface area contributed by atoms with Crippen molar-refractivity contribution < 1.29 is 9.59 Å². The van der Waals surface area contributed by atoms with Crippen molar-refractivity contribution in [3.05, 3.63) is 0 Å². The summed E-state index contributed by atoms with van der Waals surface area (Å²) < 4.78 is 0. The lowest BCUT2D eigenvalue weighted by atomic mass is 9.72. The van der Waals surface area contributed by atoms with Crippen LogP contribution in [0.1, 0.15) is 33.1 Å². The highest BCUT2D eigenvalue weighted by molar-refractivity contribution is 5.80. The van der Waals surface area contributed by atoms with Gasteiger partial charge in [0, 0.05) is 32.0 Å². The van der Waals surface area contributed by atoms with Gasteiger partial charge in [-0.3, -0.25) is 9.59 Å². The van der Waals surface area contributed by atoms with Gasteiger partial charge in [0.1, 0.15) is 0 Å². The van der Waals surface area contributed by atoms with Crippen LogP contribution in [0.3, 0.4) is 0 Å². The average Bonchev–Trinajstić information content (AvgIpc) is 2.33. The highest BCUT2D eigenvalue weighted by Crippen LogP contribution is 2.32. The van der Waals surface area contributed by atoms with Gasteiger partial charge in [0.05, 0.1) is 0 Å². The number of nitrogens with two attached hydrogens (primary N) is 1. The molecule has 0 heterocycles. The molecule has 5 heteroatoms. The van der Waals surface area contributed by atoms with Gasteiger partial charge in [0.15, 0.2) is 0 Å². The Morgan fingerprint density at radius 2 is 1.89 bits per heavy atom. The predicted octanol–water partition coefficient (Wildman–Crippen LogP) is 0.248. The second-order valence-corrected chi connectivity index (χ2v) is 5.41. The Morgan fingerprint density at radius 1 is 1.22 bits per heavy atom. The standard InChI is InChI=1S/C13H25N3O2/c1-8-6-9(2)11(14)7-10(8)13(18)16-5-4-12(17)15-3/h8-11H,4-7,14H2,1-3H3,(H,15,17)(H,16,18). The second-order valence-electron chi connectivity index (χ2n) is 5.41. The van der Waals surface area contributed by atoms with Gasteiger partial charge in [0.2, 0.25) is 11.8 Å². The number of carbonyl (C=O) groups is 2. The van der Waals surface area contributed by atoms with E-state index in [0.717, 1.165) is 12.8 Å². The van der Waals surface area contributed by atoms with Crippen LogP contribution in [0.5, 0.6) is 0 Å². The zero-order valence-electron chi connectivity index (χ0n) is 11.5. The third-order valence-electron chi connectivity index (χ3n) is 3.95. The first-order valence-electron chi connectivity index (χ1n) is 6.69. The third kappa shape index (κ3) is 3.98. The molecule has 2 amide bonds. The fraction of sp³-hybridized carbons (Fsp3) is 0.846. The zero-order chi connectivity index (χ0) is 13.7. The van der Waals surface area contributed by atoms with E-state index in [-0.39, 0.29) is 23.8 Å². The van der Waals surface area contributed by atoms with Gasteiger partial charge in [-0.1, -0.05) is 13.8 Å². The topological polar surface area (TPSA) is 84.2 Å². The molecule has 0 aromatic rings. The normalized spacial score (nSPS) is 31.8. The summed E-state index contributed by atoms with van der Waals surface area (Å²) in [4.78, 5) is 23.1. The first-order chi connectivity index (χ1) is 8.45. The van der Waals surface area contributed by atoms with E-state index < -0.39 is 0 Å². The summed E-state index contributed by atoms with van der Waals surface area (Å²) in [5.74, 6) is 0.807. The molecular weight excluding hydrogens is 230 g/mol. The average molecular weight is 255 g/mol. The van der Waals surface area contributed by atoms with Gasteiger partial charge in [-0.15, -0.1) is 0 Å². The second kappa shape index (κ2) is 6.73. The van der Waals surface area contributed by atoms with E-state index in [1.54, 1.807) is 7.05 Å². The third-order valence-corrected chi connectivity index (χ3v) is 3.95. The maximum atomic E-state index is 12.0. The van der Waals surface area contributed by atoms with Crippen molar-refractivity contribution in [2.75, 3.05) is 13.6 Å². The molecule has 104 valence electrons. The van der Waals surface area contributed by atoms with Crippen LogP contribution in [-0.4, -0.2) is 31.4 Å². The Morgan fingerprint density at radius 3 is 2.50 bits per heavy atom. The van der Waals surface area contributed by atoms with Gasteiger partial charge in [0.25, 0.3) is 0 Å². The number of nitrogens with one attached hydrogen (secondary N) is 2. The van der Waals surface area contributed by atoms with Crippen LogP contribution >= 0.6 is 0 Å². The molecule has 0 aliphatic heterocycles. The molecule has 1 aliphatic rings. The van der Waals surface area contributed by atoms with Crippen molar-refractivity contribution in [2.24, 2.45) is 23.5 Å². The summed E-state index contributed by atoms with van der Waals surface area (Å²) in [6.07, 6.45) is 2.06. The van der Waals surface area contributed by atoms with E-state index in [9.17, 15) is 9.59 Å². The minimum atomic E-state index is -0.0580. The van der Waals surface area contributed by atoms with Crippen molar-refractivity contribution >= 4 is 11.8 Å². The van der Waals surface area contributed by atoms with Gasteiger partial charge in [-0.25, -0.2) is 0 Å². The quantitative estimate of drug-likeness (QED) is 0.673. The largest absolute Gasteiger partial charge is 0.359 e. The van der Waals surface area contributed by atoms with Gasteiger partial charge in [-0.05, 0) is 24.7 Å². The molecule has 4 unspecified atom stereocenters. The fourth-order valence-electron chi connectivity index (χ4n) is 2.60. The molecular formula is C13H25N3O2. The number of amides is 2. The van der Waals surface area contributed by atoms with Crippen molar-refractivity contribution in [1.29, 1.82) is 0 Å². The first kappa shape index (κ1) is 15.0. The SMILES string of the molecule is CNC(=O)CCNC(=O)C1CC(N)C(C)CC1C.